The highest BCUT2D eigenvalue weighted by Gasteiger charge is 2.34. The second-order valence-electron chi connectivity index (χ2n) is 7.62. The quantitative estimate of drug-likeness (QED) is 0.547. The average Bonchev–Trinajstić information content (AvgIpc) is 3.38. The van der Waals surface area contributed by atoms with E-state index in [1.807, 2.05) is 19.1 Å². The zero-order chi connectivity index (χ0) is 21.5. The van der Waals surface area contributed by atoms with E-state index in [2.05, 4.69) is 27.0 Å². The number of nitrogens with zero attached hydrogens (tertiary/aromatic N) is 3. The summed E-state index contributed by atoms with van der Waals surface area (Å²) in [5, 5.41) is 8.76. The van der Waals surface area contributed by atoms with Crippen LogP contribution in [0.2, 0.25) is 5.02 Å². The molecule has 2 aliphatic rings. The first-order chi connectivity index (χ1) is 15.0. The van der Waals surface area contributed by atoms with Gasteiger partial charge in [0, 0.05) is 58.2 Å². The number of nitrogens with one attached hydrogen (secondary N) is 1. The van der Waals surface area contributed by atoms with Gasteiger partial charge in [-0.15, -0.1) is 0 Å². The molecule has 1 N–H and O–H groups in total. The van der Waals surface area contributed by atoms with E-state index in [0.29, 0.717) is 22.2 Å². The number of hydrogen-bond acceptors (Lipinski definition) is 6. The molecule has 0 saturated heterocycles. The second kappa shape index (κ2) is 8.11. The molecule has 4 heterocycles. The molecule has 0 aliphatic carbocycles. The number of fused-ring (bicyclic) bond motifs is 2. The normalized spacial score (nSPS) is 17.8. The van der Waals surface area contributed by atoms with E-state index < -0.39 is 0 Å². The van der Waals surface area contributed by atoms with Crippen molar-refractivity contribution in [2.24, 2.45) is 0 Å². The number of ether oxygens (including phenoxy) is 1. The average molecular weight is 455 g/mol. The summed E-state index contributed by atoms with van der Waals surface area (Å²) < 4.78 is 12.1. The Morgan fingerprint density at radius 3 is 3.03 bits per heavy atom. The number of allylic oxidation sites excluding steroid dienone is 2. The smallest absolute Gasteiger partial charge is 0.182 e. The lowest BCUT2D eigenvalue weighted by atomic mass is 9.99. The minimum Gasteiger partial charge on any atom is -0.481 e. The van der Waals surface area contributed by atoms with Crippen LogP contribution in [-0.2, 0) is 19.4 Å². The summed E-state index contributed by atoms with van der Waals surface area (Å²) >= 11 is 12.6. The zero-order valence-electron chi connectivity index (χ0n) is 16.9. The SMILES string of the molecule is C=C/C(Cl)=C\c1ncnc(-c2cc(Cl)cc3c2OC(c2onc4c2CNCC4)C3)c1C. The third kappa shape index (κ3) is 3.65. The molecular formula is C23H20Cl2N4O2. The van der Waals surface area contributed by atoms with Crippen molar-refractivity contribution in [2.45, 2.75) is 32.4 Å². The maximum atomic E-state index is 6.47. The number of hydrogen-bond donors (Lipinski definition) is 1. The fourth-order valence-corrected chi connectivity index (χ4v) is 4.48. The third-order valence-electron chi connectivity index (χ3n) is 5.68. The Labute approximate surface area is 189 Å². The van der Waals surface area contributed by atoms with Gasteiger partial charge in [0.25, 0.3) is 0 Å². The highest BCUT2D eigenvalue weighted by atomic mass is 35.5. The van der Waals surface area contributed by atoms with Crippen molar-refractivity contribution >= 4 is 29.3 Å². The van der Waals surface area contributed by atoms with Gasteiger partial charge in [-0.2, -0.15) is 0 Å². The fraction of sp³-hybridized carbons (Fsp3) is 0.261. The van der Waals surface area contributed by atoms with E-state index in [4.69, 9.17) is 32.5 Å². The highest BCUT2D eigenvalue weighted by Crippen LogP contribution is 2.46. The summed E-state index contributed by atoms with van der Waals surface area (Å²) in [5.41, 5.74) is 6.28. The van der Waals surface area contributed by atoms with Gasteiger partial charge in [0.05, 0.1) is 17.1 Å². The predicted molar refractivity (Wildman–Crippen MR) is 120 cm³/mol. The van der Waals surface area contributed by atoms with E-state index in [0.717, 1.165) is 64.7 Å². The van der Waals surface area contributed by atoms with Crippen molar-refractivity contribution in [2.75, 3.05) is 6.54 Å². The Kier molecular flexibility index (Phi) is 5.30. The molecule has 158 valence electrons. The topological polar surface area (TPSA) is 73.1 Å². The van der Waals surface area contributed by atoms with Gasteiger partial charge >= 0.3 is 0 Å². The van der Waals surface area contributed by atoms with E-state index >= 15 is 0 Å². The van der Waals surface area contributed by atoms with Gasteiger partial charge < -0.3 is 14.6 Å². The lowest BCUT2D eigenvalue weighted by Crippen LogP contribution is -2.24. The van der Waals surface area contributed by atoms with Crippen LogP contribution in [0.3, 0.4) is 0 Å². The zero-order valence-corrected chi connectivity index (χ0v) is 18.4. The van der Waals surface area contributed by atoms with Gasteiger partial charge in [-0.25, -0.2) is 9.97 Å². The highest BCUT2D eigenvalue weighted by molar-refractivity contribution is 6.33. The second-order valence-corrected chi connectivity index (χ2v) is 8.49. The maximum absolute atomic E-state index is 6.47. The minimum atomic E-state index is -0.250. The Morgan fingerprint density at radius 2 is 2.19 bits per heavy atom. The number of aromatic nitrogens is 3. The van der Waals surface area contributed by atoms with Crippen molar-refractivity contribution in [3.63, 3.8) is 0 Å². The largest absolute Gasteiger partial charge is 0.481 e. The molecule has 0 fully saturated rings. The predicted octanol–water partition coefficient (Wildman–Crippen LogP) is 5.18. The van der Waals surface area contributed by atoms with Crippen molar-refractivity contribution in [1.82, 2.24) is 20.4 Å². The fourth-order valence-electron chi connectivity index (χ4n) is 4.13. The Bertz CT molecular complexity index is 1220. The summed E-state index contributed by atoms with van der Waals surface area (Å²) in [5.74, 6) is 1.54. The van der Waals surface area contributed by atoms with Crippen molar-refractivity contribution in [3.8, 4) is 17.0 Å². The van der Waals surface area contributed by atoms with Gasteiger partial charge in [0.15, 0.2) is 11.9 Å². The first-order valence-electron chi connectivity index (χ1n) is 10.0. The number of benzene rings is 1. The van der Waals surface area contributed by atoms with Crippen LogP contribution >= 0.6 is 23.2 Å². The van der Waals surface area contributed by atoms with E-state index in [9.17, 15) is 0 Å². The molecule has 5 rings (SSSR count). The monoisotopic (exact) mass is 454 g/mol. The summed E-state index contributed by atoms with van der Waals surface area (Å²) in [6.07, 6.45) is 6.11. The number of rotatable bonds is 4. The van der Waals surface area contributed by atoms with Crippen LogP contribution in [-0.4, -0.2) is 21.7 Å². The van der Waals surface area contributed by atoms with Crippen molar-refractivity contribution in [1.29, 1.82) is 0 Å². The van der Waals surface area contributed by atoms with Gasteiger partial charge in [0.2, 0.25) is 0 Å². The van der Waals surface area contributed by atoms with Gasteiger partial charge in [-0.05, 0) is 25.1 Å². The molecule has 2 aliphatic heterocycles. The summed E-state index contributed by atoms with van der Waals surface area (Å²) in [7, 11) is 0. The van der Waals surface area contributed by atoms with Gasteiger partial charge in [-0.3, -0.25) is 0 Å². The Hall–Kier alpha value is -2.67. The molecule has 8 heteroatoms. The molecule has 0 radical (unpaired) electrons. The van der Waals surface area contributed by atoms with Crippen molar-refractivity contribution in [3.05, 3.63) is 75.0 Å². The Balaban J connectivity index is 1.56. The maximum Gasteiger partial charge on any atom is 0.182 e. The molecule has 0 bridgehead atoms. The van der Waals surface area contributed by atoms with Crippen LogP contribution in [0.15, 0.2) is 40.7 Å². The molecule has 0 amide bonds. The molecule has 3 aromatic rings. The molecule has 6 nitrogen and oxygen atoms in total. The molecular weight excluding hydrogens is 435 g/mol. The molecule has 0 saturated carbocycles. The molecule has 1 aromatic carbocycles. The van der Waals surface area contributed by atoms with Crippen LogP contribution in [0.5, 0.6) is 5.75 Å². The molecule has 1 atom stereocenters. The van der Waals surface area contributed by atoms with Crippen LogP contribution in [0.4, 0.5) is 0 Å². The van der Waals surface area contributed by atoms with Crippen LogP contribution < -0.4 is 10.1 Å². The summed E-state index contributed by atoms with van der Waals surface area (Å²) in [6.45, 7) is 7.29. The minimum absolute atomic E-state index is 0.250. The van der Waals surface area contributed by atoms with Gasteiger partial charge in [0.1, 0.15) is 12.1 Å². The van der Waals surface area contributed by atoms with Crippen LogP contribution in [0.1, 0.15) is 39.9 Å². The lowest BCUT2D eigenvalue weighted by Gasteiger charge is -2.15. The first kappa shape index (κ1) is 20.2. The van der Waals surface area contributed by atoms with Crippen LogP contribution in [0, 0.1) is 6.92 Å². The lowest BCUT2D eigenvalue weighted by molar-refractivity contribution is 0.189. The van der Waals surface area contributed by atoms with Gasteiger partial charge in [-0.1, -0.05) is 41.0 Å². The molecule has 2 aromatic heterocycles. The van der Waals surface area contributed by atoms with E-state index in [1.165, 1.54) is 6.33 Å². The van der Waals surface area contributed by atoms with Crippen LogP contribution in [0.25, 0.3) is 17.3 Å². The third-order valence-corrected chi connectivity index (χ3v) is 6.16. The summed E-state index contributed by atoms with van der Waals surface area (Å²) in [6, 6.07) is 3.81. The standard InChI is InChI=1S/C23H20Cl2N4O2/c1-3-14(24)9-19-12(2)21(28-11-27-19)16-8-15(25)6-13-7-20(30-22(13)16)23-17-10-26-5-4-18(17)29-31-23/h3,6,8-9,11,20,26H,1,4-5,7,10H2,2H3/b14-9+. The first-order valence-corrected chi connectivity index (χ1v) is 10.8. The van der Waals surface area contributed by atoms with E-state index in [1.54, 1.807) is 12.2 Å². The van der Waals surface area contributed by atoms with E-state index in [-0.39, 0.29) is 6.10 Å². The Morgan fingerprint density at radius 1 is 1.32 bits per heavy atom. The number of halogens is 2. The van der Waals surface area contributed by atoms with Crippen molar-refractivity contribution < 1.29 is 9.26 Å². The molecule has 1 unspecified atom stereocenters. The summed E-state index contributed by atoms with van der Waals surface area (Å²) in [4.78, 5) is 8.87. The molecule has 31 heavy (non-hydrogen) atoms. The molecule has 0 spiro atoms.